The molecule has 0 atom stereocenters. The summed E-state index contributed by atoms with van der Waals surface area (Å²) in [6.45, 7) is 3.99. The molecule has 2 aromatic heterocycles. The molecule has 5 aromatic rings. The topological polar surface area (TPSA) is 98.6 Å². The first-order chi connectivity index (χ1) is 19.6. The van der Waals surface area contributed by atoms with Crippen molar-refractivity contribution in [2.75, 3.05) is 20.3 Å². The highest BCUT2D eigenvalue weighted by atomic mass is 16.5. The van der Waals surface area contributed by atoms with Crippen LogP contribution in [-0.2, 0) is 24.3 Å². The van der Waals surface area contributed by atoms with Crippen LogP contribution in [-0.4, -0.2) is 46.2 Å². The lowest BCUT2D eigenvalue weighted by Crippen LogP contribution is -2.12. The molecule has 8 nitrogen and oxygen atoms in total. The summed E-state index contributed by atoms with van der Waals surface area (Å²) in [5.74, 6) is 0.589. The third kappa shape index (κ3) is 4.58. The van der Waals surface area contributed by atoms with Crippen LogP contribution in [0.25, 0.3) is 32.8 Å². The highest BCUT2D eigenvalue weighted by Crippen LogP contribution is 2.43. The smallest absolute Gasteiger partial charge is 0.352 e. The third-order valence-electron chi connectivity index (χ3n) is 7.73. The first-order valence-electron chi connectivity index (χ1n) is 13.8. The molecular formula is C32H33N3O5. The number of fused-ring (bicyclic) bond motifs is 3. The number of aromatic amines is 1. The number of methoxy groups -OCH3 is 1. The summed E-state index contributed by atoms with van der Waals surface area (Å²) in [5, 5.41) is 21.2. The number of ether oxygens (including phenoxy) is 3. The number of nitrogens with one attached hydrogen (secondary N) is 1. The number of aromatic nitrogens is 3. The number of hydrogen-bond donors (Lipinski definition) is 2. The molecule has 206 valence electrons. The minimum atomic E-state index is -0.929. The van der Waals surface area contributed by atoms with Gasteiger partial charge in [-0.05, 0) is 61.8 Å². The normalized spacial score (nSPS) is 13.7. The Kier molecular flexibility index (Phi) is 7.17. The number of carboxylic acid groups (broad SMARTS) is 1. The molecule has 0 unspecified atom stereocenters. The van der Waals surface area contributed by atoms with Crippen LogP contribution in [0, 0.1) is 6.92 Å². The maximum absolute atomic E-state index is 12.8. The minimum absolute atomic E-state index is 0.331. The number of rotatable bonds is 7. The molecule has 0 bridgehead atoms. The molecule has 0 radical (unpaired) electrons. The maximum Gasteiger partial charge on any atom is 0.352 e. The van der Waals surface area contributed by atoms with E-state index in [2.05, 4.69) is 28.4 Å². The zero-order valence-corrected chi connectivity index (χ0v) is 22.8. The van der Waals surface area contributed by atoms with Gasteiger partial charge in [0, 0.05) is 29.5 Å². The van der Waals surface area contributed by atoms with Gasteiger partial charge in [-0.25, -0.2) is 4.79 Å². The fraction of sp³-hybridized carbons (Fsp3) is 0.312. The van der Waals surface area contributed by atoms with Gasteiger partial charge in [-0.2, -0.15) is 5.10 Å². The van der Waals surface area contributed by atoms with Crippen molar-refractivity contribution in [3.8, 4) is 22.6 Å². The van der Waals surface area contributed by atoms with E-state index in [9.17, 15) is 9.90 Å². The number of hydrogen-bond acceptors (Lipinski definition) is 5. The van der Waals surface area contributed by atoms with Gasteiger partial charge in [0.15, 0.2) is 0 Å². The highest BCUT2D eigenvalue weighted by molar-refractivity contribution is 6.06. The van der Waals surface area contributed by atoms with Crippen molar-refractivity contribution in [2.45, 2.75) is 45.8 Å². The summed E-state index contributed by atoms with van der Waals surface area (Å²) in [5.41, 5.74) is 5.47. The molecular weight excluding hydrogens is 506 g/mol. The molecule has 3 aromatic carbocycles. The summed E-state index contributed by atoms with van der Waals surface area (Å²) in [4.78, 5) is 12.8. The van der Waals surface area contributed by atoms with Crippen molar-refractivity contribution in [3.63, 3.8) is 0 Å². The zero-order valence-electron chi connectivity index (χ0n) is 22.8. The molecule has 2 N–H and O–H groups in total. The number of carboxylic acids is 1. The largest absolute Gasteiger partial charge is 0.496 e. The van der Waals surface area contributed by atoms with E-state index in [0.29, 0.717) is 50.7 Å². The molecule has 8 heteroatoms. The second kappa shape index (κ2) is 11.1. The predicted molar refractivity (Wildman–Crippen MR) is 154 cm³/mol. The molecule has 1 aliphatic heterocycles. The average molecular weight is 540 g/mol. The summed E-state index contributed by atoms with van der Waals surface area (Å²) in [7, 11) is 1.64. The van der Waals surface area contributed by atoms with Gasteiger partial charge < -0.3 is 23.9 Å². The quantitative estimate of drug-likeness (QED) is 0.229. The minimum Gasteiger partial charge on any atom is -0.496 e. The SMILES string of the molecule is COc1ccc2c(CCCOc3cccc4ccccc34)c(C(=O)O)n3c2c1-c1c(C)n[nH]c1COCCCC3. The highest BCUT2D eigenvalue weighted by Gasteiger charge is 2.28. The number of aryl methyl sites for hydroxylation is 3. The van der Waals surface area contributed by atoms with Crippen molar-refractivity contribution in [1.82, 2.24) is 14.8 Å². The Morgan fingerprint density at radius 1 is 1.05 bits per heavy atom. The Bertz CT molecular complexity index is 1700. The van der Waals surface area contributed by atoms with Gasteiger partial charge in [0.1, 0.15) is 17.2 Å². The first-order valence-corrected chi connectivity index (χ1v) is 13.8. The van der Waals surface area contributed by atoms with Gasteiger partial charge in [0.05, 0.1) is 42.8 Å². The van der Waals surface area contributed by atoms with Crippen LogP contribution in [0.3, 0.4) is 0 Å². The second-order valence-electron chi connectivity index (χ2n) is 10.2. The van der Waals surface area contributed by atoms with E-state index in [1.165, 1.54) is 0 Å². The molecule has 0 fully saturated rings. The molecule has 0 saturated carbocycles. The van der Waals surface area contributed by atoms with Crippen LogP contribution >= 0.6 is 0 Å². The lowest BCUT2D eigenvalue weighted by Gasteiger charge is -2.15. The van der Waals surface area contributed by atoms with Crippen LogP contribution in [0.2, 0.25) is 0 Å². The van der Waals surface area contributed by atoms with Crippen LogP contribution in [0.4, 0.5) is 0 Å². The van der Waals surface area contributed by atoms with Gasteiger partial charge in [-0.15, -0.1) is 0 Å². The third-order valence-corrected chi connectivity index (χ3v) is 7.73. The number of H-pyrrole nitrogens is 1. The lowest BCUT2D eigenvalue weighted by molar-refractivity contribution is 0.0683. The van der Waals surface area contributed by atoms with Gasteiger partial charge in [0.2, 0.25) is 0 Å². The van der Waals surface area contributed by atoms with Gasteiger partial charge in [-0.3, -0.25) is 5.10 Å². The molecule has 6 rings (SSSR count). The Morgan fingerprint density at radius 3 is 2.75 bits per heavy atom. The van der Waals surface area contributed by atoms with E-state index in [1.807, 2.05) is 47.9 Å². The van der Waals surface area contributed by atoms with Gasteiger partial charge in [-0.1, -0.05) is 36.4 Å². The zero-order chi connectivity index (χ0) is 27.6. The fourth-order valence-electron chi connectivity index (χ4n) is 5.95. The number of benzene rings is 3. The Morgan fingerprint density at radius 2 is 1.90 bits per heavy atom. The standard InChI is InChI=1S/C32H33N3O5/c1-20-28-25(34-33-20)19-39-17-6-5-16-35-30-24(14-15-27(38-2)29(28)30)23(31(35)32(36)37)12-8-18-40-26-13-7-10-21-9-3-4-11-22(21)26/h3-4,7,9-11,13-15H,5-6,8,12,16-19H2,1-2H3,(H,33,34)(H,36,37). The summed E-state index contributed by atoms with van der Waals surface area (Å²) >= 11 is 0. The molecule has 3 heterocycles. The van der Waals surface area contributed by atoms with Crippen molar-refractivity contribution >= 4 is 27.6 Å². The Balaban J connectivity index is 1.42. The predicted octanol–water partition coefficient (Wildman–Crippen LogP) is 6.52. The lowest BCUT2D eigenvalue weighted by atomic mass is 9.97. The summed E-state index contributed by atoms with van der Waals surface area (Å²) < 4.78 is 19.9. The van der Waals surface area contributed by atoms with Crippen LogP contribution in [0.15, 0.2) is 54.6 Å². The van der Waals surface area contributed by atoms with Crippen LogP contribution < -0.4 is 9.47 Å². The number of aromatic carboxylic acids is 1. The molecule has 0 aliphatic carbocycles. The van der Waals surface area contributed by atoms with Crippen molar-refractivity contribution in [2.24, 2.45) is 0 Å². The summed E-state index contributed by atoms with van der Waals surface area (Å²) in [6, 6.07) is 18.1. The number of nitrogens with zero attached hydrogens (tertiary/aromatic N) is 2. The molecule has 0 spiro atoms. The van der Waals surface area contributed by atoms with E-state index in [-0.39, 0.29) is 0 Å². The van der Waals surface area contributed by atoms with E-state index >= 15 is 0 Å². The van der Waals surface area contributed by atoms with E-state index < -0.39 is 5.97 Å². The second-order valence-corrected chi connectivity index (χ2v) is 10.2. The molecule has 0 amide bonds. The average Bonchev–Trinajstić information content (AvgIpc) is 3.48. The number of carbonyl (C=O) groups is 1. The van der Waals surface area contributed by atoms with E-state index in [0.717, 1.165) is 68.3 Å². The first kappa shape index (κ1) is 26.0. The van der Waals surface area contributed by atoms with Crippen molar-refractivity contribution in [1.29, 1.82) is 0 Å². The van der Waals surface area contributed by atoms with Crippen molar-refractivity contribution < 1.29 is 24.1 Å². The molecule has 40 heavy (non-hydrogen) atoms. The van der Waals surface area contributed by atoms with E-state index in [1.54, 1.807) is 7.11 Å². The summed E-state index contributed by atoms with van der Waals surface area (Å²) in [6.07, 6.45) is 2.88. The van der Waals surface area contributed by atoms with Crippen LogP contribution in [0.5, 0.6) is 11.5 Å². The van der Waals surface area contributed by atoms with Crippen LogP contribution in [0.1, 0.15) is 46.7 Å². The molecule has 0 saturated heterocycles. The fourth-order valence-corrected chi connectivity index (χ4v) is 5.95. The maximum atomic E-state index is 12.8. The van der Waals surface area contributed by atoms with Gasteiger partial charge in [0.25, 0.3) is 0 Å². The van der Waals surface area contributed by atoms with Crippen molar-refractivity contribution in [3.05, 3.63) is 77.2 Å². The monoisotopic (exact) mass is 539 g/mol. The Labute approximate surface area is 232 Å². The Hall–Kier alpha value is -4.30. The molecule has 1 aliphatic rings. The van der Waals surface area contributed by atoms with Gasteiger partial charge >= 0.3 is 5.97 Å². The van der Waals surface area contributed by atoms with E-state index in [4.69, 9.17) is 14.2 Å².